The van der Waals surface area contributed by atoms with Gasteiger partial charge in [0.25, 0.3) is 0 Å². The molecular formula is C18H31GdN4O9. The molecule has 2 atom stereocenters. The second kappa shape index (κ2) is 17.0. The Bertz CT molecular complexity index is 555. The van der Waals surface area contributed by atoms with Crippen LogP contribution in [-0.4, -0.2) is 150 Å². The molecule has 3 N–H and O–H groups in total. The summed E-state index contributed by atoms with van der Waals surface area (Å²) in [5.74, 6) is -3.92. The summed E-state index contributed by atoms with van der Waals surface area (Å²) in [6, 6.07) is -0.836. The third-order valence-corrected chi connectivity index (χ3v) is 5.22. The minimum Gasteiger partial charge on any atom is -0.549 e. The monoisotopic (exact) mass is 605 g/mol. The number of carbonyl (C=O) groups excluding carboxylic acids is 3. The third-order valence-electron chi connectivity index (χ3n) is 5.22. The molecule has 0 spiro atoms. The average Bonchev–Trinajstić information content (AvgIpc) is 2.68. The van der Waals surface area contributed by atoms with Gasteiger partial charge in [-0.15, -0.1) is 0 Å². The van der Waals surface area contributed by atoms with Crippen molar-refractivity contribution in [2.75, 3.05) is 85.2 Å². The topological polar surface area (TPSA) is 194 Å². The van der Waals surface area contributed by atoms with Crippen LogP contribution in [0.25, 0.3) is 0 Å². The van der Waals surface area contributed by atoms with E-state index in [2.05, 4.69) is 0 Å². The number of carbonyl (C=O) groups is 3. The van der Waals surface area contributed by atoms with E-state index in [9.17, 15) is 45.0 Å². The van der Waals surface area contributed by atoms with E-state index in [0.29, 0.717) is 0 Å². The zero-order chi connectivity index (χ0) is 23.4. The van der Waals surface area contributed by atoms with Crippen molar-refractivity contribution in [3.8, 4) is 0 Å². The van der Waals surface area contributed by atoms with Gasteiger partial charge < -0.3 is 45.0 Å². The van der Waals surface area contributed by atoms with E-state index in [0.717, 1.165) is 0 Å². The van der Waals surface area contributed by atoms with E-state index < -0.39 is 56.4 Å². The van der Waals surface area contributed by atoms with Gasteiger partial charge in [-0.3, -0.25) is 19.6 Å². The van der Waals surface area contributed by atoms with Gasteiger partial charge in [-0.25, -0.2) is 0 Å². The van der Waals surface area contributed by atoms with Crippen LogP contribution in [0.4, 0.5) is 0 Å². The van der Waals surface area contributed by atoms with Gasteiger partial charge in [-0.1, -0.05) is 0 Å². The van der Waals surface area contributed by atoms with E-state index in [1.54, 1.807) is 14.7 Å². The summed E-state index contributed by atoms with van der Waals surface area (Å²) in [4.78, 5) is 39.5. The van der Waals surface area contributed by atoms with Crippen molar-refractivity contribution in [1.29, 1.82) is 0 Å². The standard InChI is InChI=1S/C18H34N4O9.Gd/c23-12-14(15(25)13-24)22-7-5-20(10-17(28)29)3-1-19(9-16(26)27)2-4-21(6-8-22)11-18(30)31;/h14-15,23-25H,1-13H2,(H,26,27)(H,28,29)(H,30,31);/q;+3/p-3/t14?,15-;/m0./s1. The summed E-state index contributed by atoms with van der Waals surface area (Å²) in [7, 11) is 0. The Balaban J connectivity index is 0.00000961. The van der Waals surface area contributed by atoms with Crippen LogP contribution >= 0.6 is 0 Å². The number of carboxylic acid groups (broad SMARTS) is 3. The Morgan fingerprint density at radius 2 is 0.969 bits per heavy atom. The van der Waals surface area contributed by atoms with Crippen LogP contribution < -0.4 is 15.3 Å². The normalized spacial score (nSPS) is 20.3. The summed E-state index contributed by atoms with van der Waals surface area (Å²) in [5, 5.41) is 62.3. The van der Waals surface area contributed by atoms with Crippen molar-refractivity contribution < 1.29 is 85.0 Å². The molecule has 1 fully saturated rings. The van der Waals surface area contributed by atoms with E-state index >= 15 is 0 Å². The first kappa shape index (κ1) is 31.5. The first-order valence-electron chi connectivity index (χ1n) is 10.1. The van der Waals surface area contributed by atoms with Gasteiger partial charge in [0, 0.05) is 72.0 Å². The molecule has 0 aliphatic carbocycles. The van der Waals surface area contributed by atoms with E-state index in [1.807, 2.05) is 0 Å². The summed E-state index contributed by atoms with van der Waals surface area (Å²) >= 11 is 0. The largest absolute Gasteiger partial charge is 3.00 e. The van der Waals surface area contributed by atoms with Gasteiger partial charge in [0.2, 0.25) is 0 Å². The molecule has 0 aromatic rings. The molecule has 1 heterocycles. The zero-order valence-electron chi connectivity index (χ0n) is 17.8. The fourth-order valence-electron chi connectivity index (χ4n) is 3.51. The number of hydrogen-bond donors (Lipinski definition) is 3. The quantitative estimate of drug-likeness (QED) is 0.213. The minimum absolute atomic E-state index is 0. The molecule has 32 heavy (non-hydrogen) atoms. The number of rotatable bonds is 10. The van der Waals surface area contributed by atoms with Gasteiger partial charge in [0.05, 0.1) is 43.3 Å². The average molecular weight is 605 g/mol. The van der Waals surface area contributed by atoms with Crippen LogP contribution in [0.15, 0.2) is 0 Å². The Morgan fingerprint density at radius 3 is 1.22 bits per heavy atom. The molecule has 1 radical (unpaired) electrons. The Labute approximate surface area is 218 Å². The molecule has 13 nitrogen and oxygen atoms in total. The van der Waals surface area contributed by atoms with Crippen LogP contribution in [0.5, 0.6) is 0 Å². The Morgan fingerprint density at radius 1 is 0.656 bits per heavy atom. The Hall–Kier alpha value is -0.545. The number of aliphatic hydroxyl groups is 3. The molecule has 1 aliphatic heterocycles. The summed E-state index contributed by atoms with van der Waals surface area (Å²) in [6.45, 7) is -0.648. The number of nitrogens with zero attached hydrogens (tertiary/aromatic N) is 4. The smallest absolute Gasteiger partial charge is 0.549 e. The number of aliphatic carboxylic acids is 3. The fourth-order valence-corrected chi connectivity index (χ4v) is 3.51. The van der Waals surface area contributed by atoms with E-state index in [-0.39, 0.29) is 98.8 Å². The molecule has 0 aromatic heterocycles. The van der Waals surface area contributed by atoms with Crippen molar-refractivity contribution in [2.24, 2.45) is 0 Å². The van der Waals surface area contributed by atoms with Crippen molar-refractivity contribution in [3.05, 3.63) is 0 Å². The van der Waals surface area contributed by atoms with Crippen LogP contribution in [0.2, 0.25) is 0 Å². The molecule has 0 bridgehead atoms. The zero-order valence-corrected chi connectivity index (χ0v) is 20.0. The molecule has 1 unspecified atom stereocenters. The van der Waals surface area contributed by atoms with Crippen molar-refractivity contribution in [3.63, 3.8) is 0 Å². The number of aliphatic hydroxyl groups excluding tert-OH is 3. The van der Waals surface area contributed by atoms with Crippen molar-refractivity contribution in [2.45, 2.75) is 12.1 Å². The maximum Gasteiger partial charge on any atom is 3.00 e. The third kappa shape index (κ3) is 12.6. The number of carboxylic acids is 3. The fraction of sp³-hybridized carbons (Fsp3) is 0.833. The molecular weight excluding hydrogens is 573 g/mol. The molecule has 14 heteroatoms. The van der Waals surface area contributed by atoms with Crippen molar-refractivity contribution in [1.82, 2.24) is 19.6 Å². The van der Waals surface area contributed by atoms with Gasteiger partial charge in [0.15, 0.2) is 0 Å². The molecule has 1 rings (SSSR count). The van der Waals surface area contributed by atoms with Crippen LogP contribution in [-0.2, 0) is 14.4 Å². The minimum atomic E-state index is -1.31. The SMILES string of the molecule is O=C([O-])CN1CCN(CC(=O)[O-])CCN(C(CO)[C@@H](O)CO)CCN(CC(=O)[O-])CC1.[Gd+3]. The van der Waals surface area contributed by atoms with Crippen molar-refractivity contribution >= 4 is 17.9 Å². The first-order chi connectivity index (χ1) is 14.7. The molecule has 1 aliphatic rings. The predicted octanol–water partition coefficient (Wildman–Crippen LogP) is -7.83. The molecule has 185 valence electrons. The van der Waals surface area contributed by atoms with Gasteiger partial charge in [-0.05, 0) is 0 Å². The summed E-state index contributed by atoms with van der Waals surface area (Å²) in [6.07, 6.45) is -1.25. The molecule has 1 saturated heterocycles. The summed E-state index contributed by atoms with van der Waals surface area (Å²) < 4.78 is 0. The van der Waals surface area contributed by atoms with Gasteiger partial charge in [-0.2, -0.15) is 0 Å². The first-order valence-corrected chi connectivity index (χ1v) is 10.1. The predicted molar refractivity (Wildman–Crippen MR) is 99.9 cm³/mol. The van der Waals surface area contributed by atoms with Gasteiger partial charge >= 0.3 is 39.9 Å². The Kier molecular flexibility index (Phi) is 16.7. The second-order valence-corrected chi connectivity index (χ2v) is 7.48. The number of hydrogen-bond acceptors (Lipinski definition) is 13. The second-order valence-electron chi connectivity index (χ2n) is 7.48. The van der Waals surface area contributed by atoms with Crippen LogP contribution in [0.3, 0.4) is 0 Å². The van der Waals surface area contributed by atoms with E-state index in [4.69, 9.17) is 0 Å². The summed E-state index contributed by atoms with van der Waals surface area (Å²) in [5.41, 5.74) is 0. The van der Waals surface area contributed by atoms with Crippen LogP contribution in [0.1, 0.15) is 0 Å². The maximum atomic E-state index is 11.1. The van der Waals surface area contributed by atoms with Crippen LogP contribution in [0, 0.1) is 39.9 Å². The molecule has 0 aromatic carbocycles. The van der Waals surface area contributed by atoms with Gasteiger partial charge in [0.1, 0.15) is 0 Å². The van der Waals surface area contributed by atoms with E-state index in [1.165, 1.54) is 4.90 Å². The molecule has 0 amide bonds. The maximum absolute atomic E-state index is 11.1. The molecule has 0 saturated carbocycles.